The Bertz CT molecular complexity index is 792. The first-order chi connectivity index (χ1) is 29.0. The Hall–Kier alpha value is -0.650. The molecule has 0 heterocycles. The molecule has 354 valence electrons. The van der Waals surface area contributed by atoms with Crippen LogP contribution in [0.2, 0.25) is 0 Å². The predicted molar refractivity (Wildman–Crippen MR) is 259 cm³/mol. The van der Waals surface area contributed by atoms with E-state index in [4.69, 9.17) is 0 Å². The molecule has 0 aliphatic heterocycles. The van der Waals surface area contributed by atoms with Gasteiger partial charge in [-0.2, -0.15) is 0 Å². The van der Waals surface area contributed by atoms with Crippen molar-refractivity contribution in [3.8, 4) is 0 Å². The van der Waals surface area contributed by atoms with Crippen LogP contribution in [-0.2, 0) is 4.79 Å². The summed E-state index contributed by atoms with van der Waals surface area (Å²) in [5.74, 6) is -0.275. The number of aliphatic hydroxyl groups excluding tert-OH is 3. The minimum atomic E-state index is -0.744. The molecule has 5 heteroatoms. The van der Waals surface area contributed by atoms with E-state index in [0.29, 0.717) is 12.8 Å². The minimum Gasteiger partial charge on any atom is -0.394 e. The lowest BCUT2D eigenvalue weighted by atomic mass is 10.0. The first-order valence-corrected chi connectivity index (χ1v) is 27.3. The van der Waals surface area contributed by atoms with E-state index >= 15 is 0 Å². The molecule has 0 aliphatic carbocycles. The maximum Gasteiger partial charge on any atom is 0.222 e. The first kappa shape index (κ1) is 58.4. The Morgan fingerprint density at radius 1 is 0.356 bits per heavy atom. The molecule has 0 aromatic rings. The fraction of sp³-hybridized carbons (Fsp3) is 0.981. The summed E-state index contributed by atoms with van der Waals surface area (Å²) in [6.45, 7) is 4.30. The smallest absolute Gasteiger partial charge is 0.222 e. The molecule has 0 aromatic heterocycles. The number of aliphatic hydroxyl groups is 3. The van der Waals surface area contributed by atoms with Crippen molar-refractivity contribution in [3.05, 3.63) is 0 Å². The SMILES string of the molecule is CCCCCCCCCCCCCCCCCCCCCCCCCCCCCCC(O)CC(=O)NC(CO)C(O)CCCCCCCCCCCCCCCCCC. The summed E-state index contributed by atoms with van der Waals surface area (Å²) in [6.07, 6.45) is 59.7. The van der Waals surface area contributed by atoms with Crippen molar-refractivity contribution >= 4 is 5.91 Å². The van der Waals surface area contributed by atoms with Gasteiger partial charge in [0.25, 0.3) is 0 Å². The summed E-state index contributed by atoms with van der Waals surface area (Å²) < 4.78 is 0. The first-order valence-electron chi connectivity index (χ1n) is 27.3. The number of rotatable bonds is 51. The molecule has 5 nitrogen and oxygen atoms in total. The fourth-order valence-corrected chi connectivity index (χ4v) is 9.00. The van der Waals surface area contributed by atoms with Crippen molar-refractivity contribution in [3.63, 3.8) is 0 Å². The number of unbranched alkanes of at least 4 members (excludes halogenated alkanes) is 42. The molecule has 4 N–H and O–H groups in total. The Morgan fingerprint density at radius 3 is 0.814 bits per heavy atom. The van der Waals surface area contributed by atoms with Gasteiger partial charge in [0.1, 0.15) is 0 Å². The van der Waals surface area contributed by atoms with Crippen molar-refractivity contribution < 1.29 is 20.1 Å². The molecule has 59 heavy (non-hydrogen) atoms. The van der Waals surface area contributed by atoms with Gasteiger partial charge in [-0.25, -0.2) is 0 Å². The van der Waals surface area contributed by atoms with E-state index < -0.39 is 18.2 Å². The Balaban J connectivity index is 3.47. The highest BCUT2D eigenvalue weighted by Gasteiger charge is 2.21. The van der Waals surface area contributed by atoms with Crippen LogP contribution in [0.3, 0.4) is 0 Å². The lowest BCUT2D eigenvalue weighted by Crippen LogP contribution is -2.46. The molecule has 0 rings (SSSR count). The van der Waals surface area contributed by atoms with Crippen LogP contribution in [-0.4, -0.2) is 46.1 Å². The molecule has 0 aromatic carbocycles. The number of hydrogen-bond acceptors (Lipinski definition) is 4. The van der Waals surface area contributed by atoms with Crippen LogP contribution in [0.15, 0.2) is 0 Å². The van der Waals surface area contributed by atoms with E-state index in [1.54, 1.807) is 0 Å². The summed E-state index contributed by atoms with van der Waals surface area (Å²) >= 11 is 0. The Morgan fingerprint density at radius 2 is 0.576 bits per heavy atom. The van der Waals surface area contributed by atoms with Crippen molar-refractivity contribution in [2.75, 3.05) is 6.61 Å². The van der Waals surface area contributed by atoms with E-state index in [1.165, 1.54) is 257 Å². The fourth-order valence-electron chi connectivity index (χ4n) is 9.00. The molecule has 0 bridgehead atoms. The highest BCUT2D eigenvalue weighted by Crippen LogP contribution is 2.18. The predicted octanol–water partition coefficient (Wildman–Crippen LogP) is 16.6. The Labute approximate surface area is 370 Å². The van der Waals surface area contributed by atoms with Gasteiger partial charge < -0.3 is 20.6 Å². The van der Waals surface area contributed by atoms with Gasteiger partial charge in [-0.05, 0) is 12.8 Å². The van der Waals surface area contributed by atoms with Gasteiger partial charge >= 0.3 is 0 Å². The van der Waals surface area contributed by atoms with Gasteiger partial charge in [-0.1, -0.05) is 296 Å². The van der Waals surface area contributed by atoms with Crippen molar-refractivity contribution in [1.82, 2.24) is 5.32 Å². The molecule has 0 spiro atoms. The van der Waals surface area contributed by atoms with Crippen LogP contribution in [0.1, 0.15) is 316 Å². The van der Waals surface area contributed by atoms with Crippen LogP contribution in [0.5, 0.6) is 0 Å². The van der Waals surface area contributed by atoms with Crippen molar-refractivity contribution in [2.45, 2.75) is 334 Å². The third kappa shape index (κ3) is 46.7. The van der Waals surface area contributed by atoms with E-state index in [0.717, 1.165) is 25.7 Å². The zero-order valence-corrected chi connectivity index (χ0v) is 40.4. The standard InChI is InChI=1S/C54H109NO4/c1-3-5-7-9-11-13-15-17-19-21-22-23-24-25-26-27-28-29-30-31-32-33-35-37-39-41-43-45-47-51(57)49-54(59)55-52(50-56)53(58)48-46-44-42-40-38-36-34-20-18-16-14-12-10-8-6-4-2/h51-53,56-58H,3-50H2,1-2H3,(H,55,59). The van der Waals surface area contributed by atoms with E-state index in [1.807, 2.05) is 0 Å². The highest BCUT2D eigenvalue weighted by atomic mass is 16.3. The number of amides is 1. The van der Waals surface area contributed by atoms with Gasteiger partial charge in [0.05, 0.1) is 31.3 Å². The third-order valence-corrected chi connectivity index (χ3v) is 13.2. The van der Waals surface area contributed by atoms with Gasteiger partial charge in [0.2, 0.25) is 5.91 Å². The summed E-state index contributed by atoms with van der Waals surface area (Å²) in [5, 5.41) is 33.6. The maximum atomic E-state index is 12.5. The molecule has 3 atom stereocenters. The number of nitrogens with one attached hydrogen (secondary N) is 1. The van der Waals surface area contributed by atoms with Crippen molar-refractivity contribution in [2.24, 2.45) is 0 Å². The molecule has 0 saturated carbocycles. The highest BCUT2D eigenvalue weighted by molar-refractivity contribution is 5.76. The maximum absolute atomic E-state index is 12.5. The topological polar surface area (TPSA) is 89.8 Å². The molecular weight excluding hydrogens is 727 g/mol. The van der Waals surface area contributed by atoms with Gasteiger partial charge in [0.15, 0.2) is 0 Å². The minimum absolute atomic E-state index is 0.0434. The van der Waals surface area contributed by atoms with E-state index in [9.17, 15) is 20.1 Å². The number of carbonyl (C=O) groups is 1. The van der Waals surface area contributed by atoms with Gasteiger partial charge in [-0.3, -0.25) is 4.79 Å². The zero-order chi connectivity index (χ0) is 43.0. The molecular formula is C54H109NO4. The number of hydrogen-bond donors (Lipinski definition) is 4. The lowest BCUT2D eigenvalue weighted by molar-refractivity contribution is -0.125. The monoisotopic (exact) mass is 836 g/mol. The summed E-state index contributed by atoms with van der Waals surface area (Å²) in [5.41, 5.74) is 0. The average Bonchev–Trinajstić information content (AvgIpc) is 3.23. The van der Waals surface area contributed by atoms with E-state index in [-0.39, 0.29) is 18.9 Å². The van der Waals surface area contributed by atoms with Crippen molar-refractivity contribution in [1.29, 1.82) is 0 Å². The van der Waals surface area contributed by atoms with Crippen LogP contribution in [0, 0.1) is 0 Å². The van der Waals surface area contributed by atoms with Crippen LogP contribution >= 0.6 is 0 Å². The average molecular weight is 836 g/mol. The zero-order valence-electron chi connectivity index (χ0n) is 40.4. The third-order valence-electron chi connectivity index (χ3n) is 13.2. The molecule has 0 fully saturated rings. The summed E-state index contributed by atoms with van der Waals surface area (Å²) in [4.78, 5) is 12.5. The summed E-state index contributed by atoms with van der Waals surface area (Å²) in [6, 6.07) is -0.653. The normalized spacial score (nSPS) is 13.2. The second-order valence-corrected chi connectivity index (χ2v) is 19.2. The van der Waals surface area contributed by atoms with Gasteiger partial charge in [0, 0.05) is 0 Å². The van der Waals surface area contributed by atoms with Gasteiger partial charge in [-0.15, -0.1) is 0 Å². The molecule has 0 saturated heterocycles. The van der Waals surface area contributed by atoms with E-state index in [2.05, 4.69) is 19.2 Å². The summed E-state index contributed by atoms with van der Waals surface area (Å²) in [7, 11) is 0. The second-order valence-electron chi connectivity index (χ2n) is 19.2. The molecule has 1 amide bonds. The van der Waals surface area contributed by atoms with Crippen LogP contribution < -0.4 is 5.32 Å². The lowest BCUT2D eigenvalue weighted by Gasteiger charge is -2.23. The van der Waals surface area contributed by atoms with Crippen LogP contribution in [0.25, 0.3) is 0 Å². The largest absolute Gasteiger partial charge is 0.394 e. The Kier molecular flexibility index (Phi) is 49.4. The molecule has 0 aliphatic rings. The molecule has 0 radical (unpaired) electrons. The van der Waals surface area contributed by atoms with Crippen LogP contribution in [0.4, 0.5) is 0 Å². The number of carbonyl (C=O) groups excluding carboxylic acids is 1. The second kappa shape index (κ2) is 50.0. The molecule has 3 unspecified atom stereocenters. The quantitative estimate of drug-likeness (QED) is 0.0460.